The van der Waals surface area contributed by atoms with Crippen LogP contribution in [0, 0.1) is 0 Å². The van der Waals surface area contributed by atoms with Crippen molar-refractivity contribution in [3.05, 3.63) is 53.9 Å². The predicted molar refractivity (Wildman–Crippen MR) is 85.5 cm³/mol. The largest absolute Gasteiger partial charge is 0.506 e. The molecule has 3 rings (SSSR count). The van der Waals surface area contributed by atoms with Crippen LogP contribution in [0.25, 0.3) is 12.2 Å². The molecule has 2 aromatic rings. The Morgan fingerprint density at radius 1 is 1.23 bits per heavy atom. The van der Waals surface area contributed by atoms with Gasteiger partial charge in [0.15, 0.2) is 0 Å². The maximum Gasteiger partial charge on any atom is 0.301 e. The lowest BCUT2D eigenvalue weighted by Crippen LogP contribution is -2.29. The molecule has 1 aliphatic rings. The van der Waals surface area contributed by atoms with Gasteiger partial charge in [0, 0.05) is 25.5 Å². The lowest BCUT2D eigenvalue weighted by Gasteiger charge is -2.17. The Labute approximate surface area is 128 Å². The summed E-state index contributed by atoms with van der Waals surface area (Å²) in [6.45, 7) is 0.644. The first-order valence-corrected chi connectivity index (χ1v) is 8.19. The fourth-order valence-corrected chi connectivity index (χ4v) is 3.50. The Bertz CT molecular complexity index is 804. The zero-order chi connectivity index (χ0) is 15.6. The Balaban J connectivity index is 1.85. The van der Waals surface area contributed by atoms with Gasteiger partial charge in [-0.25, -0.2) is 0 Å². The van der Waals surface area contributed by atoms with Crippen molar-refractivity contribution in [1.29, 1.82) is 0 Å². The smallest absolute Gasteiger partial charge is 0.301 e. The van der Waals surface area contributed by atoms with E-state index in [-0.39, 0.29) is 11.4 Å². The van der Waals surface area contributed by atoms with Crippen molar-refractivity contribution in [2.75, 3.05) is 17.4 Å². The van der Waals surface area contributed by atoms with Gasteiger partial charge in [-0.3, -0.25) is 9.29 Å². The molecule has 1 aromatic carbocycles. The third-order valence-corrected chi connectivity index (χ3v) is 4.84. The number of nitrogens with zero attached hydrogens (tertiary/aromatic N) is 2. The van der Waals surface area contributed by atoms with Crippen LogP contribution in [0.1, 0.15) is 11.1 Å². The van der Waals surface area contributed by atoms with Gasteiger partial charge in [-0.2, -0.15) is 13.1 Å². The summed E-state index contributed by atoms with van der Waals surface area (Å²) in [7, 11) is -3.53. The zero-order valence-corrected chi connectivity index (χ0v) is 12.5. The number of anilines is 1. The summed E-state index contributed by atoms with van der Waals surface area (Å²) in [6, 6.07) is 8.65. The topological polar surface area (TPSA) is 82.5 Å². The van der Waals surface area contributed by atoms with E-state index in [1.807, 2.05) is 24.3 Å². The van der Waals surface area contributed by atoms with E-state index in [4.69, 9.17) is 0 Å². The van der Waals surface area contributed by atoms with Crippen LogP contribution in [0.5, 0.6) is 5.75 Å². The number of hydrogen-bond acceptors (Lipinski definition) is 4. The van der Waals surface area contributed by atoms with E-state index in [1.165, 1.54) is 6.07 Å². The molecule has 2 heterocycles. The number of hydrogen-bond donors (Lipinski definition) is 2. The lowest BCUT2D eigenvalue weighted by atomic mass is 10.1. The Hall–Kier alpha value is -2.38. The number of nitrogens with one attached hydrogen (secondary N) is 1. The molecule has 6 nitrogen and oxygen atoms in total. The van der Waals surface area contributed by atoms with Crippen LogP contribution in [0.15, 0.2) is 42.7 Å². The van der Waals surface area contributed by atoms with Gasteiger partial charge in [-0.1, -0.05) is 24.3 Å². The van der Waals surface area contributed by atoms with E-state index in [9.17, 15) is 13.5 Å². The molecule has 0 saturated carbocycles. The number of rotatable bonds is 3. The summed E-state index contributed by atoms with van der Waals surface area (Å²) in [4.78, 5) is 4.02. The van der Waals surface area contributed by atoms with Gasteiger partial charge in [-0.15, -0.1) is 0 Å². The fourth-order valence-electron chi connectivity index (χ4n) is 2.25. The molecule has 22 heavy (non-hydrogen) atoms. The highest BCUT2D eigenvalue weighted by atomic mass is 32.2. The predicted octanol–water partition coefficient (Wildman–Crippen LogP) is 1.61. The number of aromatic hydroxyl groups is 1. The van der Waals surface area contributed by atoms with Gasteiger partial charge < -0.3 is 5.11 Å². The number of phenolic OH excluding ortho intramolecular Hbond substituents is 1. The summed E-state index contributed by atoms with van der Waals surface area (Å²) in [5.41, 5.74) is 2.00. The Morgan fingerprint density at radius 3 is 2.68 bits per heavy atom. The van der Waals surface area contributed by atoms with Crippen LogP contribution in [-0.4, -0.2) is 31.6 Å². The molecule has 0 aliphatic carbocycles. The van der Waals surface area contributed by atoms with Crippen LogP contribution < -0.4 is 9.03 Å². The SMILES string of the molecule is O=S1(=O)NCCN1c1ccc(/C=C/c2cccnc2)cc1O. The second-order valence-electron chi connectivity index (χ2n) is 4.84. The minimum Gasteiger partial charge on any atom is -0.506 e. The molecular formula is C15H15N3O3S. The van der Waals surface area contributed by atoms with Gasteiger partial charge in [0.25, 0.3) is 0 Å². The molecule has 1 aliphatic heterocycles. The van der Waals surface area contributed by atoms with E-state index in [1.54, 1.807) is 24.5 Å². The highest BCUT2D eigenvalue weighted by Crippen LogP contribution is 2.31. The van der Waals surface area contributed by atoms with Crippen molar-refractivity contribution in [2.24, 2.45) is 0 Å². The maximum absolute atomic E-state index is 11.8. The van der Waals surface area contributed by atoms with E-state index in [0.717, 1.165) is 15.4 Å². The maximum atomic E-state index is 11.8. The van der Waals surface area contributed by atoms with E-state index >= 15 is 0 Å². The molecule has 0 amide bonds. The molecular weight excluding hydrogens is 302 g/mol. The standard InChI is InChI=1S/C15H15N3O3S/c19-15-10-12(3-4-13-2-1-7-16-11-13)5-6-14(15)18-9-8-17-22(18,20)21/h1-7,10-11,17,19H,8-9H2/b4-3+. The van der Waals surface area contributed by atoms with Crippen molar-refractivity contribution in [3.8, 4) is 5.75 Å². The minimum atomic E-state index is -3.53. The summed E-state index contributed by atoms with van der Waals surface area (Å²) >= 11 is 0. The zero-order valence-electron chi connectivity index (χ0n) is 11.7. The van der Waals surface area contributed by atoms with E-state index in [2.05, 4.69) is 9.71 Å². The van der Waals surface area contributed by atoms with Crippen molar-refractivity contribution in [1.82, 2.24) is 9.71 Å². The van der Waals surface area contributed by atoms with Gasteiger partial charge in [0.2, 0.25) is 0 Å². The van der Waals surface area contributed by atoms with Crippen LogP contribution in [0.3, 0.4) is 0 Å². The molecule has 1 fully saturated rings. The highest BCUT2D eigenvalue weighted by Gasteiger charge is 2.29. The van der Waals surface area contributed by atoms with E-state index < -0.39 is 10.2 Å². The summed E-state index contributed by atoms with van der Waals surface area (Å²) in [6.07, 6.45) is 7.13. The third kappa shape index (κ3) is 2.95. The molecule has 1 saturated heterocycles. The van der Waals surface area contributed by atoms with Gasteiger partial charge in [-0.05, 0) is 29.3 Å². The quantitative estimate of drug-likeness (QED) is 0.901. The van der Waals surface area contributed by atoms with Crippen LogP contribution in [0.4, 0.5) is 5.69 Å². The number of benzene rings is 1. The van der Waals surface area contributed by atoms with Gasteiger partial charge in [0.05, 0.1) is 5.69 Å². The number of pyridine rings is 1. The second-order valence-corrected chi connectivity index (χ2v) is 6.52. The minimum absolute atomic E-state index is 0.0689. The first-order chi connectivity index (χ1) is 10.6. The summed E-state index contributed by atoms with van der Waals surface area (Å²) < 4.78 is 27.1. The normalized spacial score (nSPS) is 17.2. The summed E-state index contributed by atoms with van der Waals surface area (Å²) in [5.74, 6) is -0.0689. The lowest BCUT2D eigenvalue weighted by molar-refractivity contribution is 0.475. The molecule has 0 bridgehead atoms. The number of aromatic nitrogens is 1. The van der Waals surface area contributed by atoms with Crippen LogP contribution >= 0.6 is 0 Å². The van der Waals surface area contributed by atoms with E-state index in [0.29, 0.717) is 13.1 Å². The van der Waals surface area contributed by atoms with Gasteiger partial charge >= 0.3 is 10.2 Å². The molecule has 0 radical (unpaired) electrons. The molecule has 114 valence electrons. The first kappa shape index (κ1) is 14.6. The first-order valence-electron chi connectivity index (χ1n) is 6.75. The van der Waals surface area contributed by atoms with Crippen molar-refractivity contribution >= 4 is 28.0 Å². The molecule has 7 heteroatoms. The monoisotopic (exact) mass is 317 g/mol. The highest BCUT2D eigenvalue weighted by molar-refractivity contribution is 7.91. The van der Waals surface area contributed by atoms with Crippen molar-refractivity contribution < 1.29 is 13.5 Å². The molecule has 0 spiro atoms. The number of phenols is 1. The Kier molecular flexibility index (Phi) is 3.82. The molecule has 1 aromatic heterocycles. The second kappa shape index (κ2) is 5.78. The van der Waals surface area contributed by atoms with Crippen molar-refractivity contribution in [3.63, 3.8) is 0 Å². The Morgan fingerprint density at radius 2 is 2.05 bits per heavy atom. The molecule has 0 atom stereocenters. The fraction of sp³-hybridized carbons (Fsp3) is 0.133. The van der Waals surface area contributed by atoms with Crippen LogP contribution in [-0.2, 0) is 10.2 Å². The average Bonchev–Trinajstić information content (AvgIpc) is 2.86. The average molecular weight is 317 g/mol. The molecule has 2 N–H and O–H groups in total. The molecule has 0 unspecified atom stereocenters. The summed E-state index contributed by atoms with van der Waals surface area (Å²) in [5, 5.41) is 10.1. The van der Waals surface area contributed by atoms with Crippen LogP contribution in [0.2, 0.25) is 0 Å². The van der Waals surface area contributed by atoms with Crippen molar-refractivity contribution in [2.45, 2.75) is 0 Å². The third-order valence-electron chi connectivity index (χ3n) is 3.31. The van der Waals surface area contributed by atoms with Gasteiger partial charge in [0.1, 0.15) is 5.75 Å².